The van der Waals surface area contributed by atoms with Crippen molar-refractivity contribution in [3.05, 3.63) is 12.3 Å². The summed E-state index contributed by atoms with van der Waals surface area (Å²) >= 11 is 0. The van der Waals surface area contributed by atoms with E-state index in [0.29, 0.717) is 11.6 Å². The van der Waals surface area contributed by atoms with Crippen LogP contribution in [0.4, 0.5) is 5.82 Å². The Bertz CT molecular complexity index is 364. The van der Waals surface area contributed by atoms with Crippen molar-refractivity contribution in [2.24, 2.45) is 0 Å². The lowest BCUT2D eigenvalue weighted by Gasteiger charge is -2.29. The molecule has 3 rings (SSSR count). The number of hydrogen-bond donors (Lipinski definition) is 3. The molecular formula is C11H19N5. The average Bonchev–Trinajstić information content (AvgIpc) is 2.88. The van der Waals surface area contributed by atoms with Crippen molar-refractivity contribution >= 4 is 5.82 Å². The standard InChI is InChI=1S/C11H19N5/c1-12-11(3-4-11)8-14-10-2-5-15-16(10)9-6-13-7-9/h2,5,9,12-14H,3-4,6-8H2,1H3. The van der Waals surface area contributed by atoms with Crippen LogP contribution in [0.15, 0.2) is 12.3 Å². The van der Waals surface area contributed by atoms with Crippen LogP contribution in [-0.4, -0.2) is 42.0 Å². The van der Waals surface area contributed by atoms with Gasteiger partial charge in [-0.25, -0.2) is 4.68 Å². The summed E-state index contributed by atoms with van der Waals surface area (Å²) in [4.78, 5) is 0. The van der Waals surface area contributed by atoms with Gasteiger partial charge in [-0.15, -0.1) is 0 Å². The second-order valence-corrected chi connectivity index (χ2v) is 4.86. The van der Waals surface area contributed by atoms with Crippen molar-refractivity contribution in [2.45, 2.75) is 24.4 Å². The highest BCUT2D eigenvalue weighted by atomic mass is 15.4. The van der Waals surface area contributed by atoms with Crippen LogP contribution in [0.3, 0.4) is 0 Å². The van der Waals surface area contributed by atoms with Gasteiger partial charge in [0.1, 0.15) is 5.82 Å². The van der Waals surface area contributed by atoms with Crippen molar-refractivity contribution in [2.75, 3.05) is 32.0 Å². The summed E-state index contributed by atoms with van der Waals surface area (Å²) in [6, 6.07) is 2.59. The maximum absolute atomic E-state index is 4.38. The number of rotatable bonds is 5. The van der Waals surface area contributed by atoms with Gasteiger partial charge in [0, 0.05) is 31.2 Å². The Balaban J connectivity index is 1.63. The third kappa shape index (κ3) is 1.70. The fourth-order valence-corrected chi connectivity index (χ4v) is 2.12. The van der Waals surface area contributed by atoms with Crippen LogP contribution in [0, 0.1) is 0 Å². The molecule has 16 heavy (non-hydrogen) atoms. The summed E-state index contributed by atoms with van der Waals surface area (Å²) in [7, 11) is 2.04. The minimum absolute atomic E-state index is 0.340. The summed E-state index contributed by atoms with van der Waals surface area (Å²) in [5.41, 5.74) is 0.340. The Morgan fingerprint density at radius 1 is 1.56 bits per heavy atom. The van der Waals surface area contributed by atoms with Crippen LogP contribution >= 0.6 is 0 Å². The number of aromatic nitrogens is 2. The van der Waals surface area contributed by atoms with Crippen LogP contribution in [-0.2, 0) is 0 Å². The first-order valence-electron chi connectivity index (χ1n) is 6.00. The van der Waals surface area contributed by atoms with E-state index < -0.39 is 0 Å². The molecule has 88 valence electrons. The molecule has 2 heterocycles. The van der Waals surface area contributed by atoms with Gasteiger partial charge in [0.05, 0.1) is 12.2 Å². The Kier molecular flexibility index (Phi) is 2.37. The molecule has 2 aliphatic rings. The van der Waals surface area contributed by atoms with Crippen LogP contribution in [0.1, 0.15) is 18.9 Å². The van der Waals surface area contributed by atoms with E-state index in [9.17, 15) is 0 Å². The van der Waals surface area contributed by atoms with E-state index in [1.54, 1.807) is 0 Å². The monoisotopic (exact) mass is 221 g/mol. The normalized spacial score (nSPS) is 22.8. The van der Waals surface area contributed by atoms with Gasteiger partial charge in [0.25, 0.3) is 0 Å². The largest absolute Gasteiger partial charge is 0.368 e. The molecule has 0 bridgehead atoms. The van der Waals surface area contributed by atoms with E-state index in [4.69, 9.17) is 0 Å². The zero-order valence-corrected chi connectivity index (χ0v) is 9.66. The third-order valence-electron chi connectivity index (χ3n) is 3.77. The maximum atomic E-state index is 4.38. The van der Waals surface area contributed by atoms with Crippen molar-refractivity contribution < 1.29 is 0 Å². The molecule has 1 aliphatic heterocycles. The molecule has 1 aromatic rings. The van der Waals surface area contributed by atoms with Gasteiger partial charge in [-0.3, -0.25) is 0 Å². The summed E-state index contributed by atoms with van der Waals surface area (Å²) in [5.74, 6) is 1.15. The molecule has 0 spiro atoms. The molecule has 0 atom stereocenters. The van der Waals surface area contributed by atoms with Crippen LogP contribution in [0.5, 0.6) is 0 Å². The smallest absolute Gasteiger partial charge is 0.124 e. The second-order valence-electron chi connectivity index (χ2n) is 4.86. The fraction of sp³-hybridized carbons (Fsp3) is 0.727. The van der Waals surface area contributed by atoms with Crippen LogP contribution in [0.25, 0.3) is 0 Å². The van der Waals surface area contributed by atoms with Crippen molar-refractivity contribution in [3.8, 4) is 0 Å². The molecule has 5 heteroatoms. The van der Waals surface area contributed by atoms with E-state index in [-0.39, 0.29) is 0 Å². The second kappa shape index (κ2) is 3.75. The molecule has 0 unspecified atom stereocenters. The number of anilines is 1. The number of nitrogens with one attached hydrogen (secondary N) is 3. The van der Waals surface area contributed by atoms with E-state index >= 15 is 0 Å². The first-order valence-corrected chi connectivity index (χ1v) is 6.00. The predicted molar refractivity (Wildman–Crippen MR) is 63.6 cm³/mol. The highest BCUT2D eigenvalue weighted by molar-refractivity contribution is 5.36. The molecule has 0 amide bonds. The zero-order valence-electron chi connectivity index (χ0n) is 9.66. The Morgan fingerprint density at radius 3 is 2.94 bits per heavy atom. The quantitative estimate of drug-likeness (QED) is 0.664. The molecular weight excluding hydrogens is 202 g/mol. The SMILES string of the molecule is CNC1(CNc2ccnn2C2CNC2)CC1. The topological polar surface area (TPSA) is 53.9 Å². The highest BCUT2D eigenvalue weighted by Crippen LogP contribution is 2.35. The first kappa shape index (κ1) is 10.1. The van der Waals surface area contributed by atoms with Crippen molar-refractivity contribution in [1.29, 1.82) is 0 Å². The van der Waals surface area contributed by atoms with Gasteiger partial charge >= 0.3 is 0 Å². The lowest BCUT2D eigenvalue weighted by molar-refractivity contribution is 0.321. The van der Waals surface area contributed by atoms with E-state index in [1.807, 2.05) is 13.2 Å². The maximum Gasteiger partial charge on any atom is 0.124 e. The van der Waals surface area contributed by atoms with E-state index in [0.717, 1.165) is 25.5 Å². The summed E-state index contributed by atoms with van der Waals surface area (Å²) in [5, 5.41) is 14.5. The Morgan fingerprint density at radius 2 is 2.38 bits per heavy atom. The zero-order chi connectivity index (χ0) is 11.0. The summed E-state index contributed by atoms with van der Waals surface area (Å²) in [6.07, 6.45) is 4.42. The first-order chi connectivity index (χ1) is 7.83. The van der Waals surface area contributed by atoms with Gasteiger partial charge < -0.3 is 16.0 Å². The molecule has 3 N–H and O–H groups in total. The van der Waals surface area contributed by atoms with Crippen molar-refractivity contribution in [1.82, 2.24) is 20.4 Å². The molecule has 5 nitrogen and oxygen atoms in total. The summed E-state index contributed by atoms with van der Waals surface area (Å²) in [6.45, 7) is 3.07. The molecule has 2 fully saturated rings. The van der Waals surface area contributed by atoms with Gasteiger partial charge in [0.15, 0.2) is 0 Å². The molecule has 1 saturated heterocycles. The Labute approximate surface area is 95.6 Å². The molecule has 1 aliphatic carbocycles. The minimum atomic E-state index is 0.340. The van der Waals surface area contributed by atoms with Gasteiger partial charge in [-0.05, 0) is 19.9 Å². The molecule has 1 aromatic heterocycles. The highest BCUT2D eigenvalue weighted by Gasteiger charge is 2.40. The van der Waals surface area contributed by atoms with Crippen LogP contribution < -0.4 is 16.0 Å². The lowest BCUT2D eigenvalue weighted by atomic mass is 10.2. The Hall–Kier alpha value is -1.07. The molecule has 1 saturated carbocycles. The number of nitrogens with zero attached hydrogens (tertiary/aromatic N) is 2. The van der Waals surface area contributed by atoms with Gasteiger partial charge in [-0.2, -0.15) is 5.10 Å². The summed E-state index contributed by atoms with van der Waals surface area (Å²) < 4.78 is 2.10. The molecule has 0 aromatic carbocycles. The molecule has 0 radical (unpaired) electrons. The predicted octanol–water partition coefficient (Wildman–Crippen LogP) is 0.191. The third-order valence-corrected chi connectivity index (χ3v) is 3.77. The number of hydrogen-bond acceptors (Lipinski definition) is 4. The van der Waals surface area contributed by atoms with Gasteiger partial charge in [-0.1, -0.05) is 0 Å². The average molecular weight is 221 g/mol. The minimum Gasteiger partial charge on any atom is -0.368 e. The number of likely N-dealkylation sites (N-methyl/N-ethyl adjacent to an activating group) is 1. The lowest BCUT2D eigenvalue weighted by Crippen LogP contribution is -2.44. The van der Waals surface area contributed by atoms with Crippen molar-refractivity contribution in [3.63, 3.8) is 0 Å². The van der Waals surface area contributed by atoms with E-state index in [1.165, 1.54) is 12.8 Å². The van der Waals surface area contributed by atoms with Gasteiger partial charge in [0.2, 0.25) is 0 Å². The van der Waals surface area contributed by atoms with Crippen LogP contribution in [0.2, 0.25) is 0 Å². The van der Waals surface area contributed by atoms with E-state index in [2.05, 4.69) is 31.8 Å². The fourth-order valence-electron chi connectivity index (χ4n) is 2.12.